The zero-order valence-corrected chi connectivity index (χ0v) is 22.7. The summed E-state index contributed by atoms with van der Waals surface area (Å²) in [5, 5.41) is 2.92. The van der Waals surface area contributed by atoms with Crippen molar-refractivity contribution in [1.82, 2.24) is 14.6 Å². The molecule has 2 aromatic carbocycles. The van der Waals surface area contributed by atoms with Crippen LogP contribution in [0.25, 0.3) is 0 Å². The van der Waals surface area contributed by atoms with Gasteiger partial charge in [0.05, 0.1) is 22.5 Å². The zero-order valence-electron chi connectivity index (χ0n) is 21.9. The van der Waals surface area contributed by atoms with Gasteiger partial charge in [0, 0.05) is 38.4 Å². The number of amides is 1. The molecule has 2 fully saturated rings. The summed E-state index contributed by atoms with van der Waals surface area (Å²) in [5.74, 6) is 0.312. The van der Waals surface area contributed by atoms with Crippen LogP contribution < -0.4 is 14.9 Å². The van der Waals surface area contributed by atoms with Crippen LogP contribution in [-0.4, -0.2) is 69.7 Å². The van der Waals surface area contributed by atoms with Crippen molar-refractivity contribution in [2.75, 3.05) is 50.0 Å². The number of aromatic nitrogens is 1. The van der Waals surface area contributed by atoms with Crippen molar-refractivity contribution in [1.29, 1.82) is 0 Å². The number of rotatable bonds is 8. The predicted octanol–water partition coefficient (Wildman–Crippen LogP) is 3.38. The van der Waals surface area contributed by atoms with Crippen LogP contribution in [0.5, 0.6) is 0 Å². The first-order valence-corrected chi connectivity index (χ1v) is 14.8. The SMILES string of the molecule is CN1CCN(c2ccc(N=C(c3ccccc3)C3C(=O)Nc4ccc(S(=O)(=O)NCC5CC5)cc43)cn2)CC1. The van der Waals surface area contributed by atoms with Gasteiger partial charge < -0.3 is 15.1 Å². The Morgan fingerprint density at radius 1 is 1.05 bits per heavy atom. The first-order valence-electron chi connectivity index (χ1n) is 13.4. The molecule has 0 spiro atoms. The molecule has 1 aliphatic carbocycles. The molecule has 1 amide bonds. The Hall–Kier alpha value is -3.60. The topological polar surface area (TPSA) is 107 Å². The van der Waals surface area contributed by atoms with Crippen LogP contribution in [0, 0.1) is 5.92 Å². The summed E-state index contributed by atoms with van der Waals surface area (Å²) >= 11 is 0. The summed E-state index contributed by atoms with van der Waals surface area (Å²) in [6, 6.07) is 18.2. The molecule has 1 aromatic heterocycles. The van der Waals surface area contributed by atoms with E-state index in [4.69, 9.17) is 4.99 Å². The number of hydrogen-bond acceptors (Lipinski definition) is 7. The first-order chi connectivity index (χ1) is 18.9. The molecule has 0 bridgehead atoms. The molecule has 10 heteroatoms. The summed E-state index contributed by atoms with van der Waals surface area (Å²) in [6.45, 7) is 4.25. The minimum atomic E-state index is -3.69. The summed E-state index contributed by atoms with van der Waals surface area (Å²) in [4.78, 5) is 27.6. The fourth-order valence-corrected chi connectivity index (χ4v) is 6.17. The normalized spacial score (nSPS) is 20.1. The highest BCUT2D eigenvalue weighted by Gasteiger charge is 2.36. The van der Waals surface area contributed by atoms with Crippen molar-refractivity contribution < 1.29 is 13.2 Å². The van der Waals surface area contributed by atoms with E-state index in [-0.39, 0.29) is 10.8 Å². The van der Waals surface area contributed by atoms with E-state index in [1.165, 1.54) is 6.07 Å². The molecule has 3 heterocycles. The lowest BCUT2D eigenvalue weighted by molar-refractivity contribution is -0.115. The third-order valence-corrected chi connectivity index (χ3v) is 9.00. The van der Waals surface area contributed by atoms with E-state index in [0.29, 0.717) is 35.1 Å². The molecule has 2 N–H and O–H groups in total. The van der Waals surface area contributed by atoms with Crippen LogP contribution in [0.3, 0.4) is 0 Å². The van der Waals surface area contributed by atoms with Crippen LogP contribution in [0.1, 0.15) is 29.9 Å². The van der Waals surface area contributed by atoms with Gasteiger partial charge >= 0.3 is 0 Å². The molecular formula is C29H32N6O3S. The third kappa shape index (κ3) is 5.59. The number of nitrogens with one attached hydrogen (secondary N) is 2. The quantitative estimate of drug-likeness (QED) is 0.421. The highest BCUT2D eigenvalue weighted by molar-refractivity contribution is 7.89. The van der Waals surface area contributed by atoms with Crippen LogP contribution in [0.15, 0.2) is 76.7 Å². The molecule has 202 valence electrons. The Balaban J connectivity index is 1.34. The second kappa shape index (κ2) is 10.5. The second-order valence-electron chi connectivity index (χ2n) is 10.5. The molecule has 1 saturated carbocycles. The maximum Gasteiger partial charge on any atom is 0.240 e. The van der Waals surface area contributed by atoms with Crippen molar-refractivity contribution in [2.24, 2.45) is 10.9 Å². The Morgan fingerprint density at radius 2 is 1.82 bits per heavy atom. The van der Waals surface area contributed by atoms with Gasteiger partial charge in [-0.3, -0.25) is 9.79 Å². The highest BCUT2D eigenvalue weighted by atomic mass is 32.2. The lowest BCUT2D eigenvalue weighted by Crippen LogP contribution is -2.44. The van der Waals surface area contributed by atoms with Gasteiger partial charge in [0.2, 0.25) is 15.9 Å². The number of likely N-dealkylation sites (N-methyl/N-ethyl adjacent to an activating group) is 1. The predicted molar refractivity (Wildman–Crippen MR) is 152 cm³/mol. The maximum absolute atomic E-state index is 13.3. The molecule has 3 aliphatic rings. The highest BCUT2D eigenvalue weighted by Crippen LogP contribution is 2.38. The number of pyridine rings is 1. The molecule has 1 saturated heterocycles. The van der Waals surface area contributed by atoms with Crippen molar-refractivity contribution in [3.63, 3.8) is 0 Å². The van der Waals surface area contributed by atoms with E-state index >= 15 is 0 Å². The molecule has 6 rings (SSSR count). The lowest BCUT2D eigenvalue weighted by Gasteiger charge is -2.33. The lowest BCUT2D eigenvalue weighted by atomic mass is 9.90. The Morgan fingerprint density at radius 3 is 2.51 bits per heavy atom. The smallest absolute Gasteiger partial charge is 0.240 e. The van der Waals surface area contributed by atoms with Crippen LogP contribution in [-0.2, 0) is 14.8 Å². The zero-order chi connectivity index (χ0) is 27.0. The van der Waals surface area contributed by atoms with Crippen LogP contribution in [0.2, 0.25) is 0 Å². The number of carbonyl (C=O) groups excluding carboxylic acids is 1. The van der Waals surface area contributed by atoms with Gasteiger partial charge in [0.15, 0.2) is 0 Å². The van der Waals surface area contributed by atoms with Gasteiger partial charge in [0.25, 0.3) is 0 Å². The van der Waals surface area contributed by atoms with E-state index in [1.807, 2.05) is 42.5 Å². The van der Waals surface area contributed by atoms with E-state index in [9.17, 15) is 13.2 Å². The summed E-state index contributed by atoms with van der Waals surface area (Å²) in [7, 11) is -1.57. The minimum absolute atomic E-state index is 0.147. The van der Waals surface area contributed by atoms with Crippen molar-refractivity contribution in [3.8, 4) is 0 Å². The van der Waals surface area contributed by atoms with Gasteiger partial charge in [0.1, 0.15) is 11.7 Å². The molecular weight excluding hydrogens is 512 g/mol. The van der Waals surface area contributed by atoms with Crippen molar-refractivity contribution in [2.45, 2.75) is 23.7 Å². The first kappa shape index (κ1) is 25.7. The number of anilines is 2. The van der Waals surface area contributed by atoms with E-state index in [1.54, 1.807) is 18.3 Å². The summed E-state index contributed by atoms with van der Waals surface area (Å²) in [6.07, 6.45) is 3.83. The third-order valence-electron chi connectivity index (χ3n) is 7.58. The van der Waals surface area contributed by atoms with Gasteiger partial charge in [-0.05, 0) is 67.3 Å². The van der Waals surface area contributed by atoms with Gasteiger partial charge in [-0.1, -0.05) is 30.3 Å². The Kier molecular flexibility index (Phi) is 6.92. The standard InChI is InChI=1S/C29H32N6O3S/c1-34-13-15-35(16-14-34)26-12-9-22(19-30-26)32-28(21-5-3-2-4-6-21)27-24-17-23(10-11-25(24)33-29(27)36)39(37,38)31-18-20-7-8-20/h2-6,9-12,17,19-20,27,31H,7-8,13-16,18H2,1H3,(H,33,36). The molecule has 9 nitrogen and oxygen atoms in total. The fourth-order valence-electron chi connectivity index (χ4n) is 5.02. The number of hydrogen-bond donors (Lipinski definition) is 2. The largest absolute Gasteiger partial charge is 0.354 e. The maximum atomic E-state index is 13.3. The summed E-state index contributed by atoms with van der Waals surface area (Å²) < 4.78 is 28.7. The Bertz CT molecular complexity index is 1500. The number of piperazine rings is 1. The average molecular weight is 545 g/mol. The average Bonchev–Trinajstić information content (AvgIpc) is 3.73. The molecule has 39 heavy (non-hydrogen) atoms. The van der Waals surface area contributed by atoms with Crippen molar-refractivity contribution >= 4 is 38.8 Å². The monoisotopic (exact) mass is 544 g/mol. The van der Waals surface area contributed by atoms with Gasteiger partial charge in [-0.2, -0.15) is 0 Å². The second-order valence-corrected chi connectivity index (χ2v) is 12.3. The minimum Gasteiger partial charge on any atom is -0.354 e. The molecule has 3 aromatic rings. The number of aliphatic imine (C=N–C) groups is 1. The Labute approximate surface area is 229 Å². The number of benzene rings is 2. The molecule has 1 atom stereocenters. The van der Waals surface area contributed by atoms with Crippen LogP contribution >= 0.6 is 0 Å². The molecule has 2 aliphatic heterocycles. The van der Waals surface area contributed by atoms with E-state index in [0.717, 1.165) is 50.4 Å². The van der Waals surface area contributed by atoms with Crippen LogP contribution in [0.4, 0.5) is 17.2 Å². The van der Waals surface area contributed by atoms with E-state index in [2.05, 4.69) is 31.9 Å². The molecule has 1 unspecified atom stereocenters. The fraction of sp³-hybridized carbons (Fsp3) is 0.345. The van der Waals surface area contributed by atoms with E-state index < -0.39 is 15.9 Å². The number of carbonyl (C=O) groups is 1. The summed E-state index contributed by atoms with van der Waals surface area (Å²) in [5.41, 5.74) is 3.15. The van der Waals surface area contributed by atoms with Crippen molar-refractivity contribution in [3.05, 3.63) is 78.0 Å². The molecule has 0 radical (unpaired) electrons. The van der Waals surface area contributed by atoms with Gasteiger partial charge in [-0.15, -0.1) is 0 Å². The number of nitrogens with zero attached hydrogens (tertiary/aromatic N) is 4. The number of sulfonamides is 1. The van der Waals surface area contributed by atoms with Gasteiger partial charge in [-0.25, -0.2) is 18.1 Å². The number of fused-ring (bicyclic) bond motifs is 1.